The largest absolute Gasteiger partial charge is 0.493 e. The van der Waals surface area contributed by atoms with Crippen molar-refractivity contribution in [3.05, 3.63) is 30.0 Å². The predicted molar refractivity (Wildman–Crippen MR) is 77.1 cm³/mol. The smallest absolute Gasteiger partial charge is 0.341 e. The molecule has 7 nitrogen and oxygen atoms in total. The van der Waals surface area contributed by atoms with Crippen LogP contribution in [0.4, 0.5) is 5.82 Å². The predicted octanol–water partition coefficient (Wildman–Crippen LogP) is 1.90. The summed E-state index contributed by atoms with van der Waals surface area (Å²) in [5.41, 5.74) is 0.619. The van der Waals surface area contributed by atoms with Gasteiger partial charge in [-0.2, -0.15) is 0 Å². The van der Waals surface area contributed by atoms with Crippen molar-refractivity contribution in [2.75, 3.05) is 26.6 Å². The number of para-hydroxylation sites is 1. The number of benzene rings is 1. The van der Waals surface area contributed by atoms with E-state index in [-0.39, 0.29) is 11.4 Å². The van der Waals surface area contributed by atoms with Crippen LogP contribution in [0, 0.1) is 0 Å². The highest BCUT2D eigenvalue weighted by atomic mass is 16.5. The van der Waals surface area contributed by atoms with E-state index in [1.807, 2.05) is 0 Å². The highest BCUT2D eigenvalue weighted by Gasteiger charge is 2.17. The third-order valence-electron chi connectivity index (χ3n) is 2.90. The highest BCUT2D eigenvalue weighted by Crippen LogP contribution is 2.36. The molecule has 110 valence electrons. The molecule has 0 radical (unpaired) electrons. The first-order valence-electron chi connectivity index (χ1n) is 6.11. The molecule has 0 amide bonds. The van der Waals surface area contributed by atoms with E-state index in [4.69, 9.17) is 14.6 Å². The highest BCUT2D eigenvalue weighted by molar-refractivity contribution is 5.93. The van der Waals surface area contributed by atoms with Crippen LogP contribution in [0.15, 0.2) is 24.4 Å². The van der Waals surface area contributed by atoms with Gasteiger partial charge in [0.25, 0.3) is 0 Å². The van der Waals surface area contributed by atoms with Crippen molar-refractivity contribution in [3.63, 3.8) is 0 Å². The molecular weight excluding hydrogens is 274 g/mol. The number of rotatable bonds is 5. The molecule has 7 heteroatoms. The monoisotopic (exact) mass is 289 g/mol. The van der Waals surface area contributed by atoms with Crippen molar-refractivity contribution in [1.29, 1.82) is 0 Å². The minimum absolute atomic E-state index is 0.00288. The molecule has 0 aliphatic rings. The van der Waals surface area contributed by atoms with Crippen molar-refractivity contribution in [3.8, 4) is 22.9 Å². The molecule has 21 heavy (non-hydrogen) atoms. The molecule has 2 rings (SSSR count). The number of methoxy groups -OCH3 is 2. The van der Waals surface area contributed by atoms with Gasteiger partial charge in [-0.1, -0.05) is 6.07 Å². The Morgan fingerprint density at radius 1 is 1.29 bits per heavy atom. The van der Waals surface area contributed by atoms with Gasteiger partial charge in [0.1, 0.15) is 11.4 Å². The lowest BCUT2D eigenvalue weighted by Crippen LogP contribution is -2.07. The van der Waals surface area contributed by atoms with Gasteiger partial charge in [0.15, 0.2) is 17.3 Å². The van der Waals surface area contributed by atoms with E-state index in [9.17, 15) is 4.79 Å². The summed E-state index contributed by atoms with van der Waals surface area (Å²) in [7, 11) is 4.66. The summed E-state index contributed by atoms with van der Waals surface area (Å²) in [6, 6.07) is 5.31. The molecule has 2 aromatic rings. The number of anilines is 1. The first-order valence-corrected chi connectivity index (χ1v) is 6.11. The van der Waals surface area contributed by atoms with E-state index in [0.29, 0.717) is 22.9 Å². The summed E-state index contributed by atoms with van der Waals surface area (Å²) in [5, 5.41) is 11.8. The molecule has 2 N–H and O–H groups in total. The summed E-state index contributed by atoms with van der Waals surface area (Å²) in [6.07, 6.45) is 1.26. The number of carboxylic acids is 1. The lowest BCUT2D eigenvalue weighted by Gasteiger charge is -2.12. The number of hydrogen-bond donors (Lipinski definition) is 2. The number of hydrogen-bond acceptors (Lipinski definition) is 6. The summed E-state index contributed by atoms with van der Waals surface area (Å²) in [6.45, 7) is 0. The number of carboxylic acid groups (broad SMARTS) is 1. The summed E-state index contributed by atoms with van der Waals surface area (Å²) >= 11 is 0. The molecule has 1 aromatic carbocycles. The second kappa shape index (κ2) is 6.08. The molecule has 0 fully saturated rings. The van der Waals surface area contributed by atoms with E-state index in [2.05, 4.69) is 15.3 Å². The van der Waals surface area contributed by atoms with Gasteiger partial charge < -0.3 is 19.9 Å². The Kier molecular flexibility index (Phi) is 4.22. The molecule has 1 heterocycles. The van der Waals surface area contributed by atoms with Crippen LogP contribution in [0.3, 0.4) is 0 Å². The summed E-state index contributed by atoms with van der Waals surface area (Å²) in [5.74, 6) is 0.526. The first-order chi connectivity index (χ1) is 10.1. The second-order valence-corrected chi connectivity index (χ2v) is 4.05. The van der Waals surface area contributed by atoms with Crippen LogP contribution < -0.4 is 14.8 Å². The van der Waals surface area contributed by atoms with Gasteiger partial charge in [-0.05, 0) is 12.1 Å². The molecule has 0 unspecified atom stereocenters. The van der Waals surface area contributed by atoms with Crippen LogP contribution in [0.5, 0.6) is 11.5 Å². The number of aromatic nitrogens is 2. The zero-order valence-corrected chi connectivity index (χ0v) is 11.9. The van der Waals surface area contributed by atoms with Crippen LogP contribution in [0.1, 0.15) is 10.4 Å². The Balaban J connectivity index is 2.60. The van der Waals surface area contributed by atoms with E-state index in [1.54, 1.807) is 25.2 Å². The molecule has 0 saturated carbocycles. The molecular formula is C14H15N3O4. The van der Waals surface area contributed by atoms with Crippen molar-refractivity contribution >= 4 is 11.8 Å². The second-order valence-electron chi connectivity index (χ2n) is 4.05. The third kappa shape index (κ3) is 2.71. The number of nitrogens with one attached hydrogen (secondary N) is 1. The quantitative estimate of drug-likeness (QED) is 0.868. The van der Waals surface area contributed by atoms with Gasteiger partial charge in [-0.25, -0.2) is 14.8 Å². The standard InChI is InChI=1S/C14H15N3O4/c1-15-12-9(14(18)19)7-16-13(17-12)8-5-4-6-10(20-2)11(8)21-3/h4-7H,1-3H3,(H,18,19)(H,15,16,17). The summed E-state index contributed by atoms with van der Waals surface area (Å²) < 4.78 is 10.6. The van der Waals surface area contributed by atoms with Gasteiger partial charge in [0.05, 0.1) is 19.8 Å². The van der Waals surface area contributed by atoms with Gasteiger partial charge >= 0.3 is 5.97 Å². The van der Waals surface area contributed by atoms with E-state index >= 15 is 0 Å². The van der Waals surface area contributed by atoms with Crippen LogP contribution in [-0.4, -0.2) is 42.3 Å². The van der Waals surface area contributed by atoms with Gasteiger partial charge in [0.2, 0.25) is 0 Å². The van der Waals surface area contributed by atoms with Crippen LogP contribution in [0.2, 0.25) is 0 Å². The lowest BCUT2D eigenvalue weighted by atomic mass is 10.1. The van der Waals surface area contributed by atoms with Crippen molar-refractivity contribution < 1.29 is 19.4 Å². The van der Waals surface area contributed by atoms with Crippen molar-refractivity contribution in [1.82, 2.24) is 9.97 Å². The normalized spacial score (nSPS) is 10.0. The Labute approximate surface area is 121 Å². The first kappa shape index (κ1) is 14.6. The lowest BCUT2D eigenvalue weighted by molar-refractivity contribution is 0.0697. The number of ether oxygens (including phenoxy) is 2. The zero-order chi connectivity index (χ0) is 15.4. The third-order valence-corrected chi connectivity index (χ3v) is 2.90. The number of aromatic carboxylic acids is 1. The molecule has 0 aliphatic heterocycles. The molecule has 0 atom stereocenters. The fourth-order valence-corrected chi connectivity index (χ4v) is 1.92. The van der Waals surface area contributed by atoms with Gasteiger partial charge in [-0.15, -0.1) is 0 Å². The minimum Gasteiger partial charge on any atom is -0.493 e. The Morgan fingerprint density at radius 2 is 2.05 bits per heavy atom. The van der Waals surface area contributed by atoms with Crippen molar-refractivity contribution in [2.24, 2.45) is 0 Å². The van der Waals surface area contributed by atoms with Crippen LogP contribution in [0.25, 0.3) is 11.4 Å². The van der Waals surface area contributed by atoms with Crippen LogP contribution >= 0.6 is 0 Å². The summed E-state index contributed by atoms with van der Waals surface area (Å²) in [4.78, 5) is 19.4. The maximum Gasteiger partial charge on any atom is 0.341 e. The fraction of sp³-hybridized carbons (Fsp3) is 0.214. The minimum atomic E-state index is -1.09. The molecule has 0 aliphatic carbocycles. The van der Waals surface area contributed by atoms with Gasteiger partial charge in [0, 0.05) is 13.2 Å². The SMILES string of the molecule is CNc1nc(-c2cccc(OC)c2OC)ncc1C(=O)O. The Hall–Kier alpha value is -2.83. The van der Waals surface area contributed by atoms with Crippen molar-refractivity contribution in [2.45, 2.75) is 0 Å². The molecule has 0 bridgehead atoms. The Bertz CT molecular complexity index is 673. The number of carbonyl (C=O) groups is 1. The zero-order valence-electron chi connectivity index (χ0n) is 11.9. The van der Waals surface area contributed by atoms with Crippen LogP contribution in [-0.2, 0) is 0 Å². The molecule has 0 saturated heterocycles. The maximum absolute atomic E-state index is 11.1. The maximum atomic E-state index is 11.1. The number of nitrogens with zero attached hydrogens (tertiary/aromatic N) is 2. The average Bonchev–Trinajstić information content (AvgIpc) is 2.53. The van der Waals surface area contributed by atoms with E-state index < -0.39 is 5.97 Å². The fourth-order valence-electron chi connectivity index (χ4n) is 1.92. The molecule has 1 aromatic heterocycles. The Morgan fingerprint density at radius 3 is 2.62 bits per heavy atom. The van der Waals surface area contributed by atoms with E-state index in [0.717, 1.165) is 0 Å². The van der Waals surface area contributed by atoms with E-state index in [1.165, 1.54) is 20.4 Å². The topological polar surface area (TPSA) is 93.6 Å². The molecule has 0 spiro atoms. The average molecular weight is 289 g/mol. The van der Waals surface area contributed by atoms with Gasteiger partial charge in [-0.3, -0.25) is 0 Å².